The Morgan fingerprint density at radius 1 is 1.53 bits per heavy atom. The Hall–Kier alpha value is -1.09. The van der Waals surface area contributed by atoms with E-state index in [1.54, 1.807) is 6.07 Å². The number of benzene rings is 1. The van der Waals surface area contributed by atoms with Gasteiger partial charge in [0, 0.05) is 16.6 Å². The molecule has 0 aliphatic rings. The highest BCUT2D eigenvalue weighted by Crippen LogP contribution is 2.19. The minimum absolute atomic E-state index is 0.0241. The van der Waals surface area contributed by atoms with E-state index in [2.05, 4.69) is 5.32 Å². The van der Waals surface area contributed by atoms with E-state index in [0.717, 1.165) is 0 Å². The second-order valence-electron chi connectivity index (χ2n) is 3.60. The molecule has 0 fully saturated rings. The van der Waals surface area contributed by atoms with Crippen LogP contribution in [0.3, 0.4) is 0 Å². The Kier molecular flexibility index (Phi) is 4.09. The monoisotopic (exact) mass is 229 g/mol. The van der Waals surface area contributed by atoms with Crippen LogP contribution >= 0.6 is 11.6 Å². The summed E-state index contributed by atoms with van der Waals surface area (Å²) in [5.74, 6) is -0.668. The molecule has 0 aliphatic heterocycles. The average molecular weight is 230 g/mol. The highest BCUT2D eigenvalue weighted by molar-refractivity contribution is 6.31. The first-order chi connectivity index (χ1) is 7.00. The maximum absolute atomic E-state index is 13.3. The van der Waals surface area contributed by atoms with Crippen molar-refractivity contribution in [3.8, 4) is 0 Å². The summed E-state index contributed by atoms with van der Waals surface area (Å²) in [6.07, 6.45) is -0.0241. The molecule has 0 atom stereocenters. The largest absolute Gasteiger partial charge is 0.354 e. The van der Waals surface area contributed by atoms with Crippen molar-refractivity contribution >= 4 is 17.5 Å². The number of carbonyl (C=O) groups excluding carboxylic acids is 1. The van der Waals surface area contributed by atoms with E-state index in [-0.39, 0.29) is 29.0 Å². The molecule has 0 aromatic heterocycles. The fourth-order valence-electron chi connectivity index (χ4n) is 1.23. The highest BCUT2D eigenvalue weighted by Gasteiger charge is 2.11. The van der Waals surface area contributed by atoms with Crippen LogP contribution in [0.25, 0.3) is 0 Å². The third kappa shape index (κ3) is 3.51. The molecule has 0 heterocycles. The van der Waals surface area contributed by atoms with Crippen molar-refractivity contribution in [1.82, 2.24) is 5.32 Å². The average Bonchev–Trinajstić information content (AvgIpc) is 2.10. The molecule has 1 aromatic rings. The predicted octanol–water partition coefficient (Wildman–Crippen LogP) is 2.55. The van der Waals surface area contributed by atoms with Crippen molar-refractivity contribution in [2.24, 2.45) is 0 Å². The van der Waals surface area contributed by atoms with Crippen LogP contribution < -0.4 is 5.32 Å². The first-order valence-corrected chi connectivity index (χ1v) is 5.10. The van der Waals surface area contributed by atoms with Gasteiger partial charge in [-0.05, 0) is 26.0 Å². The Labute approximate surface area is 93.4 Å². The fourth-order valence-corrected chi connectivity index (χ4v) is 1.46. The number of amides is 1. The first kappa shape index (κ1) is 12.0. The zero-order valence-corrected chi connectivity index (χ0v) is 9.44. The van der Waals surface area contributed by atoms with Crippen molar-refractivity contribution in [1.29, 1.82) is 0 Å². The topological polar surface area (TPSA) is 29.1 Å². The molecule has 0 saturated carbocycles. The molecule has 0 unspecified atom stereocenters. The zero-order valence-electron chi connectivity index (χ0n) is 8.68. The molecule has 1 amide bonds. The quantitative estimate of drug-likeness (QED) is 0.848. The molecule has 4 heteroatoms. The van der Waals surface area contributed by atoms with Crippen LogP contribution in [0.1, 0.15) is 19.4 Å². The molecule has 0 radical (unpaired) electrons. The van der Waals surface area contributed by atoms with E-state index in [4.69, 9.17) is 11.6 Å². The SMILES string of the molecule is CC(C)NC(=O)Cc1c(F)cccc1Cl. The van der Waals surface area contributed by atoms with Crippen LogP contribution in [-0.2, 0) is 11.2 Å². The van der Waals surface area contributed by atoms with Crippen molar-refractivity contribution in [2.45, 2.75) is 26.3 Å². The predicted molar refractivity (Wildman–Crippen MR) is 58.4 cm³/mol. The molecule has 1 N–H and O–H groups in total. The van der Waals surface area contributed by atoms with Gasteiger partial charge in [-0.2, -0.15) is 0 Å². The molecule has 1 aromatic carbocycles. The molecule has 82 valence electrons. The van der Waals surface area contributed by atoms with Gasteiger partial charge in [-0.1, -0.05) is 17.7 Å². The molecular weight excluding hydrogens is 217 g/mol. The van der Waals surface area contributed by atoms with Gasteiger partial charge in [-0.25, -0.2) is 4.39 Å². The smallest absolute Gasteiger partial charge is 0.224 e. The van der Waals surface area contributed by atoms with Crippen LogP contribution in [0.2, 0.25) is 5.02 Å². The van der Waals surface area contributed by atoms with E-state index >= 15 is 0 Å². The summed E-state index contributed by atoms with van der Waals surface area (Å²) in [4.78, 5) is 11.4. The summed E-state index contributed by atoms with van der Waals surface area (Å²) in [6, 6.07) is 4.43. The molecule has 0 spiro atoms. The summed E-state index contributed by atoms with van der Waals surface area (Å²) < 4.78 is 13.3. The van der Waals surface area contributed by atoms with Gasteiger partial charge in [0.1, 0.15) is 5.82 Å². The molecule has 0 aliphatic carbocycles. The minimum atomic E-state index is -0.443. The lowest BCUT2D eigenvalue weighted by atomic mass is 10.1. The molecule has 2 nitrogen and oxygen atoms in total. The highest BCUT2D eigenvalue weighted by atomic mass is 35.5. The third-order valence-corrected chi connectivity index (χ3v) is 2.20. The van der Waals surface area contributed by atoms with Crippen molar-refractivity contribution in [2.75, 3.05) is 0 Å². The van der Waals surface area contributed by atoms with E-state index in [0.29, 0.717) is 0 Å². The first-order valence-electron chi connectivity index (χ1n) is 4.73. The van der Waals surface area contributed by atoms with Crippen molar-refractivity contribution in [3.05, 3.63) is 34.6 Å². The lowest BCUT2D eigenvalue weighted by Crippen LogP contribution is -2.31. The third-order valence-electron chi connectivity index (χ3n) is 1.85. The van der Waals surface area contributed by atoms with Gasteiger partial charge >= 0.3 is 0 Å². The molecule has 0 saturated heterocycles. The van der Waals surface area contributed by atoms with E-state index < -0.39 is 5.82 Å². The Morgan fingerprint density at radius 3 is 2.73 bits per heavy atom. The number of carbonyl (C=O) groups is 1. The van der Waals surface area contributed by atoms with Crippen molar-refractivity contribution in [3.63, 3.8) is 0 Å². The number of hydrogen-bond acceptors (Lipinski definition) is 1. The second kappa shape index (κ2) is 5.12. The summed E-state index contributed by atoms with van der Waals surface area (Å²) >= 11 is 5.79. The van der Waals surface area contributed by atoms with Gasteiger partial charge in [0.2, 0.25) is 5.91 Å². The lowest BCUT2D eigenvalue weighted by molar-refractivity contribution is -0.120. The standard InChI is InChI=1S/C11H13ClFNO/c1-7(2)14-11(15)6-8-9(12)4-3-5-10(8)13/h3-5,7H,6H2,1-2H3,(H,14,15). The van der Waals surface area contributed by atoms with Crippen LogP contribution in [0, 0.1) is 5.82 Å². The van der Waals surface area contributed by atoms with Crippen molar-refractivity contribution < 1.29 is 9.18 Å². The molecule has 15 heavy (non-hydrogen) atoms. The second-order valence-corrected chi connectivity index (χ2v) is 4.01. The minimum Gasteiger partial charge on any atom is -0.354 e. The number of halogens is 2. The summed E-state index contributed by atoms with van der Waals surface area (Å²) in [5, 5.41) is 2.97. The van der Waals surface area contributed by atoms with E-state index in [1.807, 2.05) is 13.8 Å². The zero-order chi connectivity index (χ0) is 11.4. The maximum atomic E-state index is 13.3. The summed E-state index contributed by atoms with van der Waals surface area (Å²) in [7, 11) is 0. The van der Waals surface area contributed by atoms with Gasteiger partial charge < -0.3 is 5.32 Å². The molecular formula is C11H13ClFNO. The van der Waals surface area contributed by atoms with Crippen LogP contribution in [-0.4, -0.2) is 11.9 Å². The van der Waals surface area contributed by atoms with Gasteiger partial charge in [0.15, 0.2) is 0 Å². The normalized spacial score (nSPS) is 10.5. The maximum Gasteiger partial charge on any atom is 0.224 e. The Balaban J connectivity index is 2.76. The van der Waals surface area contributed by atoms with Crippen LogP contribution in [0.5, 0.6) is 0 Å². The number of nitrogens with one attached hydrogen (secondary N) is 1. The van der Waals surface area contributed by atoms with Gasteiger partial charge in [-0.15, -0.1) is 0 Å². The number of hydrogen-bond donors (Lipinski definition) is 1. The van der Waals surface area contributed by atoms with Gasteiger partial charge in [0.25, 0.3) is 0 Å². The van der Waals surface area contributed by atoms with E-state index in [1.165, 1.54) is 12.1 Å². The summed E-state index contributed by atoms with van der Waals surface area (Å²) in [6.45, 7) is 3.70. The van der Waals surface area contributed by atoms with E-state index in [9.17, 15) is 9.18 Å². The molecule has 0 bridgehead atoms. The Morgan fingerprint density at radius 2 is 2.20 bits per heavy atom. The fraction of sp³-hybridized carbons (Fsp3) is 0.364. The van der Waals surface area contributed by atoms with Crippen LogP contribution in [0.4, 0.5) is 4.39 Å². The van der Waals surface area contributed by atoms with Gasteiger partial charge in [-0.3, -0.25) is 4.79 Å². The number of rotatable bonds is 3. The lowest BCUT2D eigenvalue weighted by Gasteiger charge is -2.09. The summed E-state index contributed by atoms with van der Waals surface area (Å²) in [5.41, 5.74) is 0.248. The van der Waals surface area contributed by atoms with Gasteiger partial charge in [0.05, 0.1) is 6.42 Å². The Bertz CT molecular complexity index is 345. The molecule has 1 rings (SSSR count). The van der Waals surface area contributed by atoms with Crippen LogP contribution in [0.15, 0.2) is 18.2 Å².